The predicted octanol–water partition coefficient (Wildman–Crippen LogP) is 2.74. The van der Waals surface area contributed by atoms with Gasteiger partial charge in [0.15, 0.2) is 18.5 Å². The zero-order valence-corrected chi connectivity index (χ0v) is 21.5. The third-order valence-electron chi connectivity index (χ3n) is 6.09. The number of nitro benzene ring substituents is 3. The molecular weight excluding hydrogens is 578 g/mol. The molecule has 1 saturated heterocycles. The quantitative estimate of drug-likeness (QED) is 0.153. The van der Waals surface area contributed by atoms with Crippen LogP contribution in [0.4, 0.5) is 17.1 Å². The number of hydrogen-bond donors (Lipinski definition) is 1. The number of rotatable bonds is 10. The van der Waals surface area contributed by atoms with E-state index in [2.05, 4.69) is 0 Å². The Kier molecular flexibility index (Phi) is 8.97. The number of carbonyl (C=O) groups is 3. The van der Waals surface area contributed by atoms with Gasteiger partial charge in [-0.25, -0.2) is 14.4 Å². The average molecular weight is 597 g/mol. The van der Waals surface area contributed by atoms with Crippen LogP contribution in [-0.4, -0.2) is 69.0 Å². The Morgan fingerprint density at radius 1 is 0.628 bits per heavy atom. The molecule has 0 bridgehead atoms. The average Bonchev–Trinajstić information content (AvgIpc) is 3.28. The van der Waals surface area contributed by atoms with Crippen LogP contribution < -0.4 is 0 Å². The Bertz CT molecular complexity index is 1560. The van der Waals surface area contributed by atoms with E-state index in [4.69, 9.17) is 18.9 Å². The number of aliphatic hydroxyl groups excluding tert-OH is 1. The van der Waals surface area contributed by atoms with Crippen LogP contribution in [0.5, 0.6) is 0 Å². The highest BCUT2D eigenvalue weighted by atomic mass is 16.7. The molecule has 0 spiro atoms. The molecule has 1 fully saturated rings. The molecule has 3 aromatic rings. The van der Waals surface area contributed by atoms with Crippen LogP contribution in [0.2, 0.25) is 0 Å². The van der Waals surface area contributed by atoms with E-state index < -0.39 is 63.9 Å². The van der Waals surface area contributed by atoms with Crippen molar-refractivity contribution in [2.45, 2.75) is 24.6 Å². The highest BCUT2D eigenvalue weighted by molar-refractivity contribution is 5.91. The van der Waals surface area contributed by atoms with Gasteiger partial charge in [0.1, 0.15) is 12.7 Å². The molecule has 4 rings (SSSR count). The van der Waals surface area contributed by atoms with Crippen LogP contribution in [0.1, 0.15) is 31.1 Å². The van der Waals surface area contributed by atoms with Crippen molar-refractivity contribution < 1.29 is 53.2 Å². The van der Waals surface area contributed by atoms with Gasteiger partial charge in [-0.05, 0) is 36.4 Å². The van der Waals surface area contributed by atoms with Crippen LogP contribution in [0, 0.1) is 30.3 Å². The maximum absolute atomic E-state index is 12.9. The number of non-ortho nitro benzene ring substituents is 3. The third-order valence-corrected chi connectivity index (χ3v) is 6.09. The van der Waals surface area contributed by atoms with Gasteiger partial charge >= 0.3 is 17.9 Å². The second kappa shape index (κ2) is 12.8. The molecule has 1 heterocycles. The lowest BCUT2D eigenvalue weighted by Gasteiger charge is -2.23. The third kappa shape index (κ3) is 7.10. The van der Waals surface area contributed by atoms with Crippen molar-refractivity contribution in [1.82, 2.24) is 0 Å². The summed E-state index contributed by atoms with van der Waals surface area (Å²) in [5, 5.41) is 43.2. The maximum atomic E-state index is 12.9. The van der Waals surface area contributed by atoms with Crippen LogP contribution in [0.25, 0.3) is 0 Å². The lowest BCUT2D eigenvalue weighted by Crippen LogP contribution is -2.42. The van der Waals surface area contributed by atoms with Crippen LogP contribution in [0.3, 0.4) is 0 Å². The summed E-state index contributed by atoms with van der Waals surface area (Å²) in [6.07, 6.45) is -6.54. The van der Waals surface area contributed by atoms with Gasteiger partial charge < -0.3 is 24.1 Å². The second-order valence-electron chi connectivity index (χ2n) is 8.82. The number of nitrogens with zero attached hydrogens (tertiary/aromatic N) is 3. The summed E-state index contributed by atoms with van der Waals surface area (Å²) in [4.78, 5) is 68.8. The van der Waals surface area contributed by atoms with E-state index in [1.54, 1.807) is 0 Å². The summed E-state index contributed by atoms with van der Waals surface area (Å²) in [7, 11) is 0. The lowest BCUT2D eigenvalue weighted by molar-refractivity contribution is -0.385. The summed E-state index contributed by atoms with van der Waals surface area (Å²) in [6.45, 7) is -0.642. The van der Waals surface area contributed by atoms with Crippen LogP contribution in [0.15, 0.2) is 72.8 Å². The van der Waals surface area contributed by atoms with E-state index in [0.29, 0.717) is 0 Å². The zero-order valence-electron chi connectivity index (χ0n) is 21.5. The number of carbonyl (C=O) groups excluding carboxylic acids is 3. The number of esters is 3. The summed E-state index contributed by atoms with van der Waals surface area (Å²) < 4.78 is 21.3. The molecule has 3 aromatic carbocycles. The molecule has 1 N–H and O–H groups in total. The summed E-state index contributed by atoms with van der Waals surface area (Å²) in [5.74, 6) is -3.07. The molecule has 1 aliphatic rings. The fraction of sp³-hybridized carbons (Fsp3) is 0.192. The minimum absolute atomic E-state index is 0.0651. The number of ether oxygens (including phenoxy) is 4. The van der Waals surface area contributed by atoms with E-state index >= 15 is 0 Å². The Morgan fingerprint density at radius 3 is 1.35 bits per heavy atom. The molecule has 0 saturated carbocycles. The van der Waals surface area contributed by atoms with E-state index in [1.807, 2.05) is 0 Å². The molecule has 1 aliphatic heterocycles. The Hall–Kier alpha value is -5.81. The number of hydrogen-bond acceptors (Lipinski definition) is 14. The Balaban J connectivity index is 1.53. The summed E-state index contributed by atoms with van der Waals surface area (Å²) >= 11 is 0. The molecule has 43 heavy (non-hydrogen) atoms. The van der Waals surface area contributed by atoms with Gasteiger partial charge in [-0.1, -0.05) is 0 Å². The van der Waals surface area contributed by atoms with Crippen molar-refractivity contribution in [3.05, 3.63) is 120 Å². The van der Waals surface area contributed by atoms with Crippen molar-refractivity contribution in [2.24, 2.45) is 0 Å². The largest absolute Gasteiger partial charge is 0.459 e. The smallest absolute Gasteiger partial charge is 0.338 e. The van der Waals surface area contributed by atoms with E-state index in [1.165, 1.54) is 0 Å². The molecule has 4 atom stereocenters. The molecule has 0 unspecified atom stereocenters. The van der Waals surface area contributed by atoms with Crippen molar-refractivity contribution in [3.8, 4) is 0 Å². The van der Waals surface area contributed by atoms with Gasteiger partial charge in [-0.15, -0.1) is 0 Å². The summed E-state index contributed by atoms with van der Waals surface area (Å²) in [6, 6.07) is 13.0. The number of nitro groups is 3. The predicted molar refractivity (Wildman–Crippen MR) is 139 cm³/mol. The Morgan fingerprint density at radius 2 is 0.977 bits per heavy atom. The molecule has 0 radical (unpaired) electrons. The molecule has 17 heteroatoms. The number of benzene rings is 3. The number of aliphatic hydroxyl groups is 1. The minimum Gasteiger partial charge on any atom is -0.459 e. The first-order valence-corrected chi connectivity index (χ1v) is 12.1. The van der Waals surface area contributed by atoms with Crippen molar-refractivity contribution >= 4 is 35.0 Å². The topological polar surface area (TPSA) is 238 Å². The van der Waals surface area contributed by atoms with Gasteiger partial charge in [0.25, 0.3) is 17.1 Å². The normalized spacial score (nSPS) is 19.2. The highest BCUT2D eigenvalue weighted by Gasteiger charge is 2.50. The molecule has 0 aliphatic carbocycles. The first-order chi connectivity index (χ1) is 20.4. The molecule has 17 nitrogen and oxygen atoms in total. The van der Waals surface area contributed by atoms with Crippen LogP contribution in [-0.2, 0) is 18.9 Å². The highest BCUT2D eigenvalue weighted by Crippen LogP contribution is 2.28. The fourth-order valence-corrected chi connectivity index (χ4v) is 3.89. The van der Waals surface area contributed by atoms with E-state index in [-0.39, 0.29) is 33.8 Å². The molecule has 0 aromatic heterocycles. The summed E-state index contributed by atoms with van der Waals surface area (Å²) in [5.41, 5.74) is -1.23. The lowest BCUT2D eigenvalue weighted by atomic mass is 10.1. The fourth-order valence-electron chi connectivity index (χ4n) is 3.89. The SMILES string of the molecule is O=C(OC[C@H]1O[C@@H](O)[C@H](OC(=O)c2ccc([N+](=O)[O-])cc2)[C@@H]1OC(=O)c1ccc([N+](=O)[O-])cc1)c1ccc([N+](=O)[O-])cc1. The van der Waals surface area contributed by atoms with Crippen molar-refractivity contribution in [3.63, 3.8) is 0 Å². The standard InChI is InChI=1S/C26H19N3O14/c30-23(14-1-7-17(8-2-14)27(34)35)40-13-20-21(42-24(31)15-3-9-18(10-4-15)28(36)37)22(26(33)41-20)43-25(32)16-5-11-19(12-6-16)29(38)39/h1-12,20-22,26,33H,13H2/t20-,21-,22-,26-/m1/s1. The van der Waals surface area contributed by atoms with E-state index in [9.17, 15) is 49.8 Å². The monoisotopic (exact) mass is 597 g/mol. The van der Waals surface area contributed by atoms with E-state index in [0.717, 1.165) is 72.8 Å². The maximum Gasteiger partial charge on any atom is 0.338 e. The van der Waals surface area contributed by atoms with Gasteiger partial charge in [-0.2, -0.15) is 0 Å². The zero-order chi connectivity index (χ0) is 31.3. The van der Waals surface area contributed by atoms with Crippen LogP contribution >= 0.6 is 0 Å². The van der Waals surface area contributed by atoms with Gasteiger partial charge in [0, 0.05) is 36.4 Å². The first kappa shape index (κ1) is 30.2. The van der Waals surface area contributed by atoms with Crippen molar-refractivity contribution in [1.29, 1.82) is 0 Å². The molecule has 0 amide bonds. The molecular formula is C26H19N3O14. The Labute approximate surface area is 239 Å². The molecule has 222 valence electrons. The van der Waals surface area contributed by atoms with Gasteiger partial charge in [0.05, 0.1) is 31.5 Å². The first-order valence-electron chi connectivity index (χ1n) is 12.1. The second-order valence-corrected chi connectivity index (χ2v) is 8.82. The van der Waals surface area contributed by atoms with Gasteiger partial charge in [0.2, 0.25) is 0 Å². The van der Waals surface area contributed by atoms with Crippen molar-refractivity contribution in [2.75, 3.05) is 6.61 Å². The minimum atomic E-state index is -1.89. The van der Waals surface area contributed by atoms with Gasteiger partial charge in [-0.3, -0.25) is 30.3 Å².